The van der Waals surface area contributed by atoms with Crippen molar-refractivity contribution < 1.29 is 19.0 Å². The van der Waals surface area contributed by atoms with Crippen LogP contribution >= 0.6 is 11.6 Å². The summed E-state index contributed by atoms with van der Waals surface area (Å²) in [6.45, 7) is 0.225. The summed E-state index contributed by atoms with van der Waals surface area (Å²) >= 11 is 5.97. The van der Waals surface area contributed by atoms with Gasteiger partial charge in [-0.2, -0.15) is 9.78 Å². The van der Waals surface area contributed by atoms with E-state index >= 15 is 0 Å². The molecular formula is C23H21ClFN3O4. The third kappa shape index (κ3) is 4.72. The molecule has 2 aromatic carbocycles. The number of rotatable bonds is 6. The number of ether oxygens (including phenoxy) is 1. The maximum Gasteiger partial charge on any atom is 0.284 e. The molecule has 1 fully saturated rings. The first kappa shape index (κ1) is 22.1. The number of hydrogen-bond acceptors (Lipinski definition) is 5. The number of benzene rings is 2. The van der Waals surface area contributed by atoms with Crippen molar-refractivity contribution in [1.82, 2.24) is 15.1 Å². The lowest BCUT2D eigenvalue weighted by Gasteiger charge is -2.22. The van der Waals surface area contributed by atoms with Crippen molar-refractivity contribution in [3.05, 3.63) is 81.4 Å². The number of nitrogens with zero attached hydrogens (tertiary/aromatic N) is 2. The van der Waals surface area contributed by atoms with Crippen LogP contribution in [0.2, 0.25) is 5.02 Å². The smallest absolute Gasteiger partial charge is 0.284 e. The lowest BCUT2D eigenvalue weighted by atomic mass is 10.1. The molecular weight excluding hydrogens is 437 g/mol. The monoisotopic (exact) mass is 457 g/mol. The summed E-state index contributed by atoms with van der Waals surface area (Å²) < 4.78 is 20.4. The SMILES string of the molecule is O=C(N[C@H](CO)[C@H]1CCCO1)c1cc(-c2ccc(Cl)cc2)nn(-c2cccc(F)c2)c1=O. The molecule has 0 spiro atoms. The second-order valence-corrected chi connectivity index (χ2v) is 7.90. The summed E-state index contributed by atoms with van der Waals surface area (Å²) in [7, 11) is 0. The number of carbonyl (C=O) groups is 1. The average molecular weight is 458 g/mol. The highest BCUT2D eigenvalue weighted by Crippen LogP contribution is 2.21. The normalized spacial score (nSPS) is 16.7. The largest absolute Gasteiger partial charge is 0.394 e. The Kier molecular flexibility index (Phi) is 6.64. The van der Waals surface area contributed by atoms with Crippen LogP contribution in [0.25, 0.3) is 16.9 Å². The van der Waals surface area contributed by atoms with Gasteiger partial charge >= 0.3 is 0 Å². The van der Waals surface area contributed by atoms with E-state index in [4.69, 9.17) is 16.3 Å². The van der Waals surface area contributed by atoms with Crippen LogP contribution in [-0.2, 0) is 4.74 Å². The van der Waals surface area contributed by atoms with E-state index in [1.807, 2.05) is 0 Å². The number of halogens is 2. The van der Waals surface area contributed by atoms with E-state index in [-0.39, 0.29) is 24.0 Å². The van der Waals surface area contributed by atoms with Gasteiger partial charge in [0, 0.05) is 17.2 Å². The fourth-order valence-corrected chi connectivity index (χ4v) is 3.75. The molecule has 7 nitrogen and oxygen atoms in total. The van der Waals surface area contributed by atoms with Gasteiger partial charge in [-0.05, 0) is 49.2 Å². The summed E-state index contributed by atoms with van der Waals surface area (Å²) in [5, 5.41) is 17.3. The quantitative estimate of drug-likeness (QED) is 0.593. The molecule has 0 bridgehead atoms. The van der Waals surface area contributed by atoms with Crippen molar-refractivity contribution >= 4 is 17.5 Å². The zero-order valence-electron chi connectivity index (χ0n) is 17.0. The van der Waals surface area contributed by atoms with Crippen LogP contribution in [0, 0.1) is 5.82 Å². The van der Waals surface area contributed by atoms with Gasteiger partial charge in [-0.1, -0.05) is 29.8 Å². The minimum Gasteiger partial charge on any atom is -0.394 e. The van der Waals surface area contributed by atoms with E-state index in [9.17, 15) is 19.1 Å². The second kappa shape index (κ2) is 9.60. The Bertz CT molecular complexity index is 1180. The molecule has 1 aliphatic heterocycles. The van der Waals surface area contributed by atoms with Crippen molar-refractivity contribution in [2.75, 3.05) is 13.2 Å². The molecule has 0 radical (unpaired) electrons. The predicted molar refractivity (Wildman–Crippen MR) is 118 cm³/mol. The number of aliphatic hydroxyl groups excluding tert-OH is 1. The van der Waals surface area contributed by atoms with Crippen molar-refractivity contribution in [2.45, 2.75) is 25.0 Å². The number of aromatic nitrogens is 2. The first-order valence-electron chi connectivity index (χ1n) is 10.2. The topological polar surface area (TPSA) is 93.4 Å². The molecule has 3 aromatic rings. The van der Waals surface area contributed by atoms with Crippen LogP contribution in [0.3, 0.4) is 0 Å². The molecule has 2 heterocycles. The van der Waals surface area contributed by atoms with E-state index in [1.165, 1.54) is 24.3 Å². The van der Waals surface area contributed by atoms with Crippen LogP contribution in [0.1, 0.15) is 23.2 Å². The molecule has 2 N–H and O–H groups in total. The molecule has 1 amide bonds. The van der Waals surface area contributed by atoms with Crippen molar-refractivity contribution in [3.63, 3.8) is 0 Å². The van der Waals surface area contributed by atoms with Gasteiger partial charge in [0.1, 0.15) is 11.4 Å². The number of aliphatic hydroxyl groups is 1. The fourth-order valence-electron chi connectivity index (χ4n) is 3.62. The number of amides is 1. The highest BCUT2D eigenvalue weighted by Gasteiger charge is 2.28. The standard InChI is InChI=1S/C23H21ClFN3O4/c24-15-8-6-14(7-9-15)19-12-18(22(30)26-20(13-29)21-5-2-10-32-21)23(31)28(27-19)17-4-1-3-16(25)11-17/h1,3-4,6-9,11-12,20-21,29H,2,5,10,13H2,(H,26,30)/t20-,21-/m1/s1. The minimum absolute atomic E-state index is 0.178. The Morgan fingerprint density at radius 1 is 1.28 bits per heavy atom. The molecule has 9 heteroatoms. The maximum absolute atomic E-state index is 13.8. The molecule has 1 aromatic heterocycles. The van der Waals surface area contributed by atoms with Gasteiger partial charge < -0.3 is 15.2 Å². The highest BCUT2D eigenvalue weighted by atomic mass is 35.5. The van der Waals surface area contributed by atoms with Crippen LogP contribution in [0.4, 0.5) is 4.39 Å². The van der Waals surface area contributed by atoms with Gasteiger partial charge in [0.15, 0.2) is 0 Å². The van der Waals surface area contributed by atoms with Crippen LogP contribution in [0.5, 0.6) is 0 Å². The third-order valence-corrected chi connectivity index (χ3v) is 5.53. The first-order valence-corrected chi connectivity index (χ1v) is 10.5. The lowest BCUT2D eigenvalue weighted by molar-refractivity contribution is 0.0502. The summed E-state index contributed by atoms with van der Waals surface area (Å²) in [6.07, 6.45) is 1.21. The van der Waals surface area contributed by atoms with Crippen molar-refractivity contribution in [1.29, 1.82) is 0 Å². The first-order chi connectivity index (χ1) is 15.5. The van der Waals surface area contributed by atoms with E-state index in [0.29, 0.717) is 29.3 Å². The second-order valence-electron chi connectivity index (χ2n) is 7.46. The Hall–Kier alpha value is -3.07. The van der Waals surface area contributed by atoms with Gasteiger partial charge in [-0.25, -0.2) is 4.39 Å². The molecule has 32 heavy (non-hydrogen) atoms. The number of hydrogen-bond donors (Lipinski definition) is 2. The van der Waals surface area contributed by atoms with E-state index in [2.05, 4.69) is 10.4 Å². The third-order valence-electron chi connectivity index (χ3n) is 5.28. The zero-order chi connectivity index (χ0) is 22.7. The molecule has 0 saturated carbocycles. The molecule has 4 rings (SSSR count). The molecule has 1 aliphatic rings. The number of nitrogens with one attached hydrogen (secondary N) is 1. The maximum atomic E-state index is 13.8. The molecule has 0 aliphatic carbocycles. The van der Waals surface area contributed by atoms with E-state index in [1.54, 1.807) is 24.3 Å². The highest BCUT2D eigenvalue weighted by molar-refractivity contribution is 6.30. The molecule has 2 atom stereocenters. The van der Waals surface area contributed by atoms with Crippen LogP contribution < -0.4 is 10.9 Å². The summed E-state index contributed by atoms with van der Waals surface area (Å²) in [4.78, 5) is 26.2. The number of carbonyl (C=O) groups excluding carboxylic acids is 1. The Balaban J connectivity index is 1.78. The van der Waals surface area contributed by atoms with Gasteiger partial charge in [-0.15, -0.1) is 0 Å². The van der Waals surface area contributed by atoms with E-state index in [0.717, 1.165) is 17.2 Å². The van der Waals surface area contributed by atoms with Gasteiger partial charge in [0.2, 0.25) is 0 Å². The van der Waals surface area contributed by atoms with E-state index < -0.39 is 23.3 Å². The van der Waals surface area contributed by atoms with Gasteiger partial charge in [-0.3, -0.25) is 9.59 Å². The van der Waals surface area contributed by atoms with Crippen molar-refractivity contribution in [3.8, 4) is 16.9 Å². The van der Waals surface area contributed by atoms with Crippen LogP contribution in [0.15, 0.2) is 59.4 Å². The summed E-state index contributed by atoms with van der Waals surface area (Å²) in [5.41, 5.74) is 0.220. The van der Waals surface area contributed by atoms with Crippen LogP contribution in [-0.4, -0.2) is 46.2 Å². The summed E-state index contributed by atoms with van der Waals surface area (Å²) in [6, 6.07) is 12.8. The Morgan fingerprint density at radius 2 is 2.06 bits per heavy atom. The molecule has 0 unspecified atom stereocenters. The minimum atomic E-state index is -0.713. The predicted octanol–water partition coefficient (Wildman–Crippen LogP) is 2.96. The van der Waals surface area contributed by atoms with Gasteiger partial charge in [0.25, 0.3) is 11.5 Å². The van der Waals surface area contributed by atoms with Crippen molar-refractivity contribution in [2.24, 2.45) is 0 Å². The fraction of sp³-hybridized carbons (Fsp3) is 0.261. The Morgan fingerprint density at radius 3 is 2.72 bits per heavy atom. The summed E-state index contributed by atoms with van der Waals surface area (Å²) in [5.74, 6) is -1.22. The molecule has 166 valence electrons. The molecule has 1 saturated heterocycles. The lowest BCUT2D eigenvalue weighted by Crippen LogP contribution is -2.47. The Labute approximate surface area is 188 Å². The average Bonchev–Trinajstić information content (AvgIpc) is 3.33. The zero-order valence-corrected chi connectivity index (χ0v) is 17.8. The van der Waals surface area contributed by atoms with Gasteiger partial charge in [0.05, 0.1) is 30.1 Å².